The maximum Gasteiger partial charge on any atom is 0.340 e. The van der Waals surface area contributed by atoms with Gasteiger partial charge in [-0.05, 0) is 31.2 Å². The van der Waals surface area contributed by atoms with Gasteiger partial charge in [0.15, 0.2) is 5.82 Å². The number of esters is 1. The molecule has 8 heteroatoms. The van der Waals surface area contributed by atoms with E-state index in [1.807, 2.05) is 18.2 Å². The number of carbonyl (C=O) groups is 1. The third-order valence-electron chi connectivity index (χ3n) is 3.36. The first-order valence-electron chi connectivity index (χ1n) is 7.92. The molecule has 0 saturated carbocycles. The van der Waals surface area contributed by atoms with E-state index >= 15 is 0 Å². The molecule has 0 unspecified atom stereocenters. The van der Waals surface area contributed by atoms with Crippen LogP contribution in [-0.4, -0.2) is 27.8 Å². The van der Waals surface area contributed by atoms with E-state index in [4.69, 9.17) is 16.3 Å². The molecular formula is C18H16ClN5O2. The van der Waals surface area contributed by atoms with Gasteiger partial charge in [-0.25, -0.2) is 4.79 Å². The number of nitrogens with zero attached hydrogens (tertiary/aromatic N) is 3. The first-order chi connectivity index (χ1) is 12.7. The van der Waals surface area contributed by atoms with Crippen molar-refractivity contribution in [1.29, 1.82) is 0 Å². The van der Waals surface area contributed by atoms with Gasteiger partial charge in [0.2, 0.25) is 5.95 Å². The van der Waals surface area contributed by atoms with Gasteiger partial charge in [-0.2, -0.15) is 10.1 Å². The van der Waals surface area contributed by atoms with Gasteiger partial charge in [-0.1, -0.05) is 35.9 Å². The molecular weight excluding hydrogens is 354 g/mol. The Kier molecular flexibility index (Phi) is 5.60. The summed E-state index contributed by atoms with van der Waals surface area (Å²) in [4.78, 5) is 16.4. The van der Waals surface area contributed by atoms with Crippen LogP contribution in [-0.2, 0) is 4.74 Å². The summed E-state index contributed by atoms with van der Waals surface area (Å²) in [7, 11) is 0. The lowest BCUT2D eigenvalue weighted by molar-refractivity contribution is 0.0527. The van der Waals surface area contributed by atoms with E-state index in [0.717, 1.165) is 0 Å². The van der Waals surface area contributed by atoms with Crippen LogP contribution in [0.25, 0.3) is 0 Å². The molecule has 0 aliphatic rings. The Hall–Kier alpha value is -3.19. The van der Waals surface area contributed by atoms with E-state index in [2.05, 4.69) is 25.8 Å². The molecule has 0 atom stereocenters. The van der Waals surface area contributed by atoms with Gasteiger partial charge in [0.05, 0.1) is 34.8 Å². The number of halogens is 1. The van der Waals surface area contributed by atoms with Crippen LogP contribution in [0.2, 0.25) is 5.02 Å². The fourth-order valence-corrected chi connectivity index (χ4v) is 2.40. The first-order valence-corrected chi connectivity index (χ1v) is 8.29. The molecule has 3 rings (SSSR count). The molecule has 0 spiro atoms. The molecule has 26 heavy (non-hydrogen) atoms. The number of hydrogen-bond acceptors (Lipinski definition) is 7. The Morgan fingerprint density at radius 1 is 1.08 bits per heavy atom. The minimum atomic E-state index is -0.422. The first kappa shape index (κ1) is 17.6. The molecule has 0 amide bonds. The molecule has 0 fully saturated rings. The number of carbonyl (C=O) groups excluding carboxylic acids is 1. The van der Waals surface area contributed by atoms with Crippen molar-refractivity contribution in [1.82, 2.24) is 15.2 Å². The highest BCUT2D eigenvalue weighted by molar-refractivity contribution is 6.33. The second-order valence-electron chi connectivity index (χ2n) is 5.16. The zero-order chi connectivity index (χ0) is 18.4. The highest BCUT2D eigenvalue weighted by Crippen LogP contribution is 2.24. The second-order valence-corrected chi connectivity index (χ2v) is 5.57. The molecule has 2 aromatic carbocycles. The van der Waals surface area contributed by atoms with Crippen molar-refractivity contribution in [3.05, 3.63) is 65.3 Å². The highest BCUT2D eigenvalue weighted by Gasteiger charge is 2.13. The molecule has 2 N–H and O–H groups in total. The maximum absolute atomic E-state index is 12.1. The van der Waals surface area contributed by atoms with Gasteiger partial charge < -0.3 is 15.4 Å². The number of benzene rings is 2. The van der Waals surface area contributed by atoms with Crippen LogP contribution in [0.3, 0.4) is 0 Å². The number of aromatic nitrogens is 3. The summed E-state index contributed by atoms with van der Waals surface area (Å²) < 4.78 is 5.06. The van der Waals surface area contributed by atoms with E-state index in [-0.39, 0.29) is 5.95 Å². The predicted octanol–water partition coefficient (Wildman–Crippen LogP) is 4.19. The van der Waals surface area contributed by atoms with Crippen LogP contribution >= 0.6 is 11.6 Å². The van der Waals surface area contributed by atoms with Crippen molar-refractivity contribution in [3.8, 4) is 0 Å². The molecule has 0 bridgehead atoms. The third kappa shape index (κ3) is 4.25. The summed E-state index contributed by atoms with van der Waals surface area (Å²) in [6, 6.07) is 14.3. The van der Waals surface area contributed by atoms with E-state index in [0.29, 0.717) is 34.4 Å². The SMILES string of the molecule is CCOC(=O)c1ccccc1Nc1nncc(Nc2ccccc2Cl)n1. The maximum atomic E-state index is 12.1. The number of hydrogen-bond donors (Lipinski definition) is 2. The summed E-state index contributed by atoms with van der Waals surface area (Å²) >= 11 is 6.14. The minimum absolute atomic E-state index is 0.235. The quantitative estimate of drug-likeness (QED) is 0.629. The number of para-hydroxylation sites is 2. The number of ether oxygens (including phenoxy) is 1. The molecule has 0 saturated heterocycles. The Labute approximate surface area is 155 Å². The smallest absolute Gasteiger partial charge is 0.340 e. The average Bonchev–Trinajstić information content (AvgIpc) is 2.65. The van der Waals surface area contributed by atoms with Gasteiger partial charge in [0.25, 0.3) is 0 Å². The number of rotatable bonds is 6. The van der Waals surface area contributed by atoms with Crippen LogP contribution in [0.1, 0.15) is 17.3 Å². The monoisotopic (exact) mass is 369 g/mol. The molecule has 7 nitrogen and oxygen atoms in total. The summed E-state index contributed by atoms with van der Waals surface area (Å²) in [5.74, 6) is 0.275. The van der Waals surface area contributed by atoms with Crippen molar-refractivity contribution in [3.63, 3.8) is 0 Å². The second kappa shape index (κ2) is 8.26. The Bertz CT molecular complexity index is 919. The van der Waals surface area contributed by atoms with Crippen LogP contribution in [0.5, 0.6) is 0 Å². The molecule has 0 radical (unpaired) electrons. The summed E-state index contributed by atoms with van der Waals surface area (Å²) in [5, 5.41) is 14.5. The zero-order valence-corrected chi connectivity index (χ0v) is 14.7. The van der Waals surface area contributed by atoms with Crippen LogP contribution in [0, 0.1) is 0 Å². The Morgan fingerprint density at radius 3 is 2.58 bits per heavy atom. The summed E-state index contributed by atoms with van der Waals surface area (Å²) in [5.41, 5.74) is 1.62. The number of nitrogens with one attached hydrogen (secondary N) is 2. The van der Waals surface area contributed by atoms with Crippen molar-refractivity contribution in [2.45, 2.75) is 6.92 Å². The van der Waals surface area contributed by atoms with E-state index in [1.54, 1.807) is 37.3 Å². The van der Waals surface area contributed by atoms with Crippen molar-refractivity contribution in [2.24, 2.45) is 0 Å². The van der Waals surface area contributed by atoms with Gasteiger partial charge in [-0.3, -0.25) is 0 Å². The summed E-state index contributed by atoms with van der Waals surface area (Å²) in [6.07, 6.45) is 1.48. The fourth-order valence-electron chi connectivity index (χ4n) is 2.22. The van der Waals surface area contributed by atoms with Crippen LogP contribution < -0.4 is 10.6 Å². The molecule has 0 aliphatic carbocycles. The minimum Gasteiger partial charge on any atom is -0.462 e. The van der Waals surface area contributed by atoms with Gasteiger partial charge in [0, 0.05) is 0 Å². The largest absolute Gasteiger partial charge is 0.462 e. The van der Waals surface area contributed by atoms with Gasteiger partial charge >= 0.3 is 5.97 Å². The third-order valence-corrected chi connectivity index (χ3v) is 3.69. The Balaban J connectivity index is 1.82. The van der Waals surface area contributed by atoms with E-state index in [9.17, 15) is 4.79 Å². The lowest BCUT2D eigenvalue weighted by Gasteiger charge is -2.11. The lowest BCUT2D eigenvalue weighted by atomic mass is 10.2. The zero-order valence-electron chi connectivity index (χ0n) is 13.9. The predicted molar refractivity (Wildman–Crippen MR) is 100 cm³/mol. The van der Waals surface area contributed by atoms with Crippen molar-refractivity contribution >= 4 is 40.7 Å². The fraction of sp³-hybridized carbons (Fsp3) is 0.111. The highest BCUT2D eigenvalue weighted by atomic mass is 35.5. The molecule has 1 heterocycles. The normalized spacial score (nSPS) is 10.2. The number of anilines is 4. The molecule has 3 aromatic rings. The topological polar surface area (TPSA) is 89.0 Å². The summed E-state index contributed by atoms with van der Waals surface area (Å²) in [6.45, 7) is 2.05. The standard InChI is InChI=1S/C18H16ClN5O2/c1-2-26-17(25)12-7-3-5-9-14(12)22-18-23-16(11-20-24-18)21-15-10-6-4-8-13(15)19/h3-11H,2H2,1H3,(H2,21,22,23,24). The van der Waals surface area contributed by atoms with Gasteiger partial charge in [0.1, 0.15) is 0 Å². The molecule has 0 aliphatic heterocycles. The lowest BCUT2D eigenvalue weighted by Crippen LogP contribution is -2.09. The van der Waals surface area contributed by atoms with Crippen LogP contribution in [0.15, 0.2) is 54.7 Å². The van der Waals surface area contributed by atoms with E-state index < -0.39 is 5.97 Å². The van der Waals surface area contributed by atoms with Crippen LogP contribution in [0.4, 0.5) is 23.1 Å². The van der Waals surface area contributed by atoms with Gasteiger partial charge in [-0.15, -0.1) is 5.10 Å². The van der Waals surface area contributed by atoms with Crippen molar-refractivity contribution in [2.75, 3.05) is 17.2 Å². The Morgan fingerprint density at radius 2 is 1.81 bits per heavy atom. The molecule has 1 aromatic heterocycles. The molecule has 132 valence electrons. The average molecular weight is 370 g/mol. The van der Waals surface area contributed by atoms with Crippen molar-refractivity contribution < 1.29 is 9.53 Å². The van der Waals surface area contributed by atoms with E-state index in [1.165, 1.54) is 6.20 Å².